The van der Waals surface area contributed by atoms with Gasteiger partial charge in [0.05, 0.1) is 6.10 Å². The molecule has 0 amide bonds. The van der Waals surface area contributed by atoms with Gasteiger partial charge in [-0.1, -0.05) is 25.6 Å². The summed E-state index contributed by atoms with van der Waals surface area (Å²) in [6.45, 7) is 5.46. The van der Waals surface area contributed by atoms with E-state index in [0.717, 1.165) is 12.0 Å². The number of ether oxygens (including phenoxy) is 1. The fourth-order valence-corrected chi connectivity index (χ4v) is 1.48. The van der Waals surface area contributed by atoms with Crippen molar-refractivity contribution in [2.24, 2.45) is 0 Å². The molecule has 98 valence electrons. The van der Waals surface area contributed by atoms with Gasteiger partial charge in [0, 0.05) is 12.0 Å². The quantitative estimate of drug-likeness (QED) is 0.726. The number of carboxylic acid groups (broad SMARTS) is 1. The Morgan fingerprint density at radius 2 is 2.22 bits per heavy atom. The van der Waals surface area contributed by atoms with Gasteiger partial charge in [0.1, 0.15) is 12.4 Å². The number of rotatable bonds is 7. The normalized spacial score (nSPS) is 11.9. The highest BCUT2D eigenvalue weighted by Crippen LogP contribution is 2.14. The van der Waals surface area contributed by atoms with Crippen LogP contribution in [0.15, 0.2) is 36.4 Å². The molecule has 0 saturated carbocycles. The standard InChI is InChI=1S/C14H18O4/c1-3-11-5-4-6-13(8-11)18-9-12(15)7-10(2)14(16)17/h4-6,8,12,15H,2-3,7,9H2,1H3,(H,16,17). The Kier molecular flexibility index (Phi) is 5.39. The topological polar surface area (TPSA) is 66.8 Å². The van der Waals surface area contributed by atoms with E-state index in [4.69, 9.17) is 9.84 Å². The first-order valence-corrected chi connectivity index (χ1v) is 5.83. The number of carboxylic acids is 1. The van der Waals surface area contributed by atoms with Crippen LogP contribution in [-0.4, -0.2) is 28.9 Å². The van der Waals surface area contributed by atoms with E-state index in [2.05, 4.69) is 6.58 Å². The van der Waals surface area contributed by atoms with E-state index in [1.165, 1.54) is 0 Å². The number of carbonyl (C=O) groups is 1. The van der Waals surface area contributed by atoms with E-state index in [0.29, 0.717) is 5.75 Å². The van der Waals surface area contributed by atoms with Crippen LogP contribution in [0.1, 0.15) is 18.9 Å². The summed E-state index contributed by atoms with van der Waals surface area (Å²) in [5.74, 6) is -0.420. The van der Waals surface area contributed by atoms with Gasteiger partial charge in [-0.3, -0.25) is 0 Å². The highest BCUT2D eigenvalue weighted by Gasteiger charge is 2.12. The summed E-state index contributed by atoms with van der Waals surface area (Å²) in [5, 5.41) is 18.2. The van der Waals surface area contributed by atoms with Gasteiger partial charge in [0.2, 0.25) is 0 Å². The number of hydrogen-bond donors (Lipinski definition) is 2. The molecular formula is C14H18O4. The van der Waals surface area contributed by atoms with Crippen molar-refractivity contribution in [3.8, 4) is 5.75 Å². The number of aryl methyl sites for hydroxylation is 1. The van der Waals surface area contributed by atoms with Gasteiger partial charge >= 0.3 is 5.97 Å². The molecule has 0 spiro atoms. The monoisotopic (exact) mass is 250 g/mol. The van der Waals surface area contributed by atoms with Crippen molar-refractivity contribution in [3.63, 3.8) is 0 Å². The molecule has 0 aliphatic rings. The molecule has 0 aliphatic carbocycles. The molecule has 0 saturated heterocycles. The molecule has 18 heavy (non-hydrogen) atoms. The van der Waals surface area contributed by atoms with Crippen molar-refractivity contribution in [1.82, 2.24) is 0 Å². The molecule has 0 heterocycles. The highest BCUT2D eigenvalue weighted by atomic mass is 16.5. The van der Waals surface area contributed by atoms with E-state index in [1.807, 2.05) is 25.1 Å². The Morgan fingerprint density at radius 3 is 2.83 bits per heavy atom. The molecule has 1 atom stereocenters. The second-order valence-corrected chi connectivity index (χ2v) is 4.08. The third kappa shape index (κ3) is 4.59. The fourth-order valence-electron chi connectivity index (χ4n) is 1.48. The number of aliphatic hydroxyl groups is 1. The van der Waals surface area contributed by atoms with Crippen LogP contribution in [0.5, 0.6) is 5.75 Å². The van der Waals surface area contributed by atoms with Crippen LogP contribution in [0.2, 0.25) is 0 Å². The summed E-state index contributed by atoms with van der Waals surface area (Å²) in [6, 6.07) is 7.59. The van der Waals surface area contributed by atoms with E-state index in [-0.39, 0.29) is 18.6 Å². The van der Waals surface area contributed by atoms with Gasteiger partial charge in [0.15, 0.2) is 0 Å². The molecule has 1 aromatic rings. The van der Waals surface area contributed by atoms with E-state index >= 15 is 0 Å². The molecular weight excluding hydrogens is 232 g/mol. The number of benzene rings is 1. The SMILES string of the molecule is C=C(CC(O)COc1cccc(CC)c1)C(=O)O. The fraction of sp³-hybridized carbons (Fsp3) is 0.357. The van der Waals surface area contributed by atoms with Gasteiger partial charge in [-0.2, -0.15) is 0 Å². The van der Waals surface area contributed by atoms with Crippen LogP contribution < -0.4 is 4.74 Å². The summed E-state index contributed by atoms with van der Waals surface area (Å²) in [7, 11) is 0. The van der Waals surface area contributed by atoms with Crippen LogP contribution in [0.25, 0.3) is 0 Å². The van der Waals surface area contributed by atoms with Crippen LogP contribution in [0.4, 0.5) is 0 Å². The average molecular weight is 250 g/mol. The Balaban J connectivity index is 2.44. The maximum atomic E-state index is 10.5. The Morgan fingerprint density at radius 1 is 1.50 bits per heavy atom. The summed E-state index contributed by atoms with van der Waals surface area (Å²) >= 11 is 0. The minimum Gasteiger partial charge on any atom is -0.491 e. The number of aliphatic carboxylic acids is 1. The molecule has 0 radical (unpaired) electrons. The molecule has 0 bridgehead atoms. The van der Waals surface area contributed by atoms with Gasteiger partial charge in [-0.25, -0.2) is 4.79 Å². The molecule has 0 aliphatic heterocycles. The lowest BCUT2D eigenvalue weighted by atomic mass is 10.1. The van der Waals surface area contributed by atoms with E-state index in [1.54, 1.807) is 6.07 Å². The summed E-state index contributed by atoms with van der Waals surface area (Å²) in [4.78, 5) is 10.5. The zero-order valence-electron chi connectivity index (χ0n) is 10.4. The highest BCUT2D eigenvalue weighted by molar-refractivity contribution is 5.85. The number of hydrogen-bond acceptors (Lipinski definition) is 3. The molecule has 2 N–H and O–H groups in total. The maximum absolute atomic E-state index is 10.5. The van der Waals surface area contributed by atoms with Crippen LogP contribution in [-0.2, 0) is 11.2 Å². The Labute approximate surface area is 107 Å². The zero-order chi connectivity index (χ0) is 13.5. The lowest BCUT2D eigenvalue weighted by Crippen LogP contribution is -2.20. The van der Waals surface area contributed by atoms with Crippen molar-refractivity contribution >= 4 is 5.97 Å². The average Bonchev–Trinajstić information content (AvgIpc) is 2.36. The first kappa shape index (κ1) is 14.3. The lowest BCUT2D eigenvalue weighted by Gasteiger charge is -2.12. The molecule has 1 unspecified atom stereocenters. The van der Waals surface area contributed by atoms with E-state index in [9.17, 15) is 9.90 Å². The van der Waals surface area contributed by atoms with Crippen molar-refractivity contribution in [3.05, 3.63) is 42.0 Å². The third-order valence-electron chi connectivity index (χ3n) is 2.53. The molecule has 0 fully saturated rings. The summed E-state index contributed by atoms with van der Waals surface area (Å²) in [5.41, 5.74) is 1.13. The molecule has 0 aromatic heterocycles. The smallest absolute Gasteiger partial charge is 0.331 e. The van der Waals surface area contributed by atoms with Crippen molar-refractivity contribution in [1.29, 1.82) is 0 Å². The maximum Gasteiger partial charge on any atom is 0.331 e. The minimum absolute atomic E-state index is 0.00278. The molecule has 1 aromatic carbocycles. The van der Waals surface area contributed by atoms with Gasteiger partial charge in [-0.15, -0.1) is 0 Å². The number of aliphatic hydroxyl groups excluding tert-OH is 1. The second-order valence-electron chi connectivity index (χ2n) is 4.08. The lowest BCUT2D eigenvalue weighted by molar-refractivity contribution is -0.133. The van der Waals surface area contributed by atoms with Crippen molar-refractivity contribution in [2.75, 3.05) is 6.61 Å². The van der Waals surface area contributed by atoms with Crippen LogP contribution in [0.3, 0.4) is 0 Å². The van der Waals surface area contributed by atoms with Gasteiger partial charge in [0.25, 0.3) is 0 Å². The Bertz CT molecular complexity index is 426. The predicted molar refractivity (Wildman–Crippen MR) is 68.7 cm³/mol. The third-order valence-corrected chi connectivity index (χ3v) is 2.53. The summed E-state index contributed by atoms with van der Waals surface area (Å²) in [6.07, 6.45) is 0.0529. The van der Waals surface area contributed by atoms with Crippen molar-refractivity contribution < 1.29 is 19.7 Å². The van der Waals surface area contributed by atoms with Gasteiger partial charge in [-0.05, 0) is 24.1 Å². The largest absolute Gasteiger partial charge is 0.491 e. The molecule has 1 rings (SSSR count). The van der Waals surface area contributed by atoms with Crippen LogP contribution >= 0.6 is 0 Å². The Hall–Kier alpha value is -1.81. The molecule has 4 nitrogen and oxygen atoms in total. The van der Waals surface area contributed by atoms with Crippen LogP contribution in [0, 0.1) is 0 Å². The first-order valence-electron chi connectivity index (χ1n) is 5.83. The van der Waals surface area contributed by atoms with E-state index < -0.39 is 12.1 Å². The summed E-state index contributed by atoms with van der Waals surface area (Å²) < 4.78 is 5.41. The predicted octanol–water partition coefficient (Wildman–Crippen LogP) is 2.02. The second kappa shape index (κ2) is 6.81. The zero-order valence-corrected chi connectivity index (χ0v) is 10.4. The minimum atomic E-state index is -1.10. The van der Waals surface area contributed by atoms with Gasteiger partial charge < -0.3 is 14.9 Å². The van der Waals surface area contributed by atoms with Crippen molar-refractivity contribution in [2.45, 2.75) is 25.9 Å². The first-order chi connectivity index (χ1) is 8.52. The molecule has 4 heteroatoms.